The summed E-state index contributed by atoms with van der Waals surface area (Å²) in [5, 5.41) is 16.9. The monoisotopic (exact) mass is 476 g/mol. The van der Waals surface area contributed by atoms with Crippen molar-refractivity contribution in [2.45, 2.75) is 65.5 Å². The summed E-state index contributed by atoms with van der Waals surface area (Å²) in [5.41, 5.74) is 1.31. The molecule has 0 amide bonds. The third-order valence-electron chi connectivity index (χ3n) is 7.20. The van der Waals surface area contributed by atoms with E-state index in [4.69, 9.17) is 0 Å². The Labute approximate surface area is 203 Å². The second kappa shape index (κ2) is 9.40. The summed E-state index contributed by atoms with van der Waals surface area (Å²) >= 11 is 0. The van der Waals surface area contributed by atoms with Gasteiger partial charge in [-0.2, -0.15) is 0 Å². The molecule has 34 heavy (non-hydrogen) atoms. The number of aryl methyl sites for hydroxylation is 1. The summed E-state index contributed by atoms with van der Waals surface area (Å²) in [6, 6.07) is 21.9. The second-order valence-electron chi connectivity index (χ2n) is 10.3. The minimum atomic E-state index is -4.15. The van der Waals surface area contributed by atoms with Gasteiger partial charge in [-0.05, 0) is 0 Å². The van der Waals surface area contributed by atoms with Crippen molar-refractivity contribution >= 4 is 39.5 Å². The second-order valence-corrected chi connectivity index (χ2v) is 14.3. The van der Waals surface area contributed by atoms with E-state index in [2.05, 4.69) is 60.7 Å². The molecule has 0 fully saturated rings. The first-order valence-corrected chi connectivity index (χ1v) is 14.9. The standard InChI is InChI=1S/C29H37N2O2P/c1-21(2)31(22(3)4)34(32,33,20-8-18-30)19-6-5-9-23-12-13-26-15-14-24-10-7-11-25-16-17-27(23)29(26)28(24)25/h7,10-17,21-22,32-33H,5-6,8-9,19-20H2,1-4H3. The number of nitrogens with zero attached hydrogens (tertiary/aromatic N) is 2. The number of hydrogen-bond donors (Lipinski definition) is 2. The molecule has 0 saturated carbocycles. The van der Waals surface area contributed by atoms with E-state index in [1.165, 1.54) is 37.9 Å². The van der Waals surface area contributed by atoms with Gasteiger partial charge in [0.05, 0.1) is 0 Å². The van der Waals surface area contributed by atoms with E-state index in [0.29, 0.717) is 12.6 Å². The van der Waals surface area contributed by atoms with Crippen LogP contribution in [0, 0.1) is 11.3 Å². The Bertz CT molecular complexity index is 1320. The van der Waals surface area contributed by atoms with Crippen molar-refractivity contribution in [1.29, 1.82) is 5.26 Å². The van der Waals surface area contributed by atoms with Crippen LogP contribution in [0.15, 0.2) is 54.6 Å². The molecule has 180 valence electrons. The Balaban J connectivity index is 1.57. The summed E-state index contributed by atoms with van der Waals surface area (Å²) < 4.78 is 1.89. The Morgan fingerprint density at radius 3 is 2.00 bits per heavy atom. The van der Waals surface area contributed by atoms with Crippen molar-refractivity contribution in [3.05, 3.63) is 60.2 Å². The fraction of sp³-hybridized carbons (Fsp3) is 0.414. The SMILES string of the molecule is CC(C)N(C(C)C)P(O)(O)(CCC#N)CCCCc1ccc2ccc3cccc4ccc1c2c34. The summed E-state index contributed by atoms with van der Waals surface area (Å²) in [6.45, 7) is 8.02. The Kier molecular flexibility index (Phi) is 6.87. The topological polar surface area (TPSA) is 67.5 Å². The van der Waals surface area contributed by atoms with Crippen LogP contribution in [0.3, 0.4) is 0 Å². The van der Waals surface area contributed by atoms with Crippen LogP contribution >= 0.6 is 7.21 Å². The summed E-state index contributed by atoms with van der Waals surface area (Å²) in [6.07, 6.45) is 3.14. The van der Waals surface area contributed by atoms with Crippen molar-refractivity contribution in [2.24, 2.45) is 0 Å². The van der Waals surface area contributed by atoms with Gasteiger partial charge in [-0.3, -0.25) is 0 Å². The molecule has 0 atom stereocenters. The number of unbranched alkanes of at least 4 members (excludes halogenated alkanes) is 1. The van der Waals surface area contributed by atoms with Gasteiger partial charge in [0.2, 0.25) is 0 Å². The molecule has 0 aliphatic heterocycles. The van der Waals surface area contributed by atoms with Gasteiger partial charge in [0.1, 0.15) is 0 Å². The zero-order chi connectivity index (χ0) is 24.5. The van der Waals surface area contributed by atoms with E-state index in [1.807, 2.05) is 32.4 Å². The molecule has 5 heteroatoms. The maximum atomic E-state index is 11.7. The summed E-state index contributed by atoms with van der Waals surface area (Å²) in [4.78, 5) is 23.4. The molecule has 4 rings (SSSR count). The van der Waals surface area contributed by atoms with Crippen LogP contribution in [0.4, 0.5) is 0 Å². The molecule has 4 aromatic rings. The zero-order valence-electron chi connectivity index (χ0n) is 20.8. The minimum absolute atomic E-state index is 0.00363. The van der Waals surface area contributed by atoms with Crippen molar-refractivity contribution in [3.8, 4) is 6.07 Å². The number of nitriles is 1. The van der Waals surface area contributed by atoms with Gasteiger partial charge in [-0.1, -0.05) is 0 Å². The van der Waals surface area contributed by atoms with Crippen LogP contribution in [0.25, 0.3) is 32.3 Å². The molecular weight excluding hydrogens is 439 g/mol. The van der Waals surface area contributed by atoms with Crippen LogP contribution in [-0.2, 0) is 6.42 Å². The van der Waals surface area contributed by atoms with Gasteiger partial charge in [-0.25, -0.2) is 0 Å². The molecule has 0 radical (unpaired) electrons. The average molecular weight is 477 g/mol. The van der Waals surface area contributed by atoms with Gasteiger partial charge in [0.15, 0.2) is 0 Å². The quantitative estimate of drug-likeness (QED) is 0.144. The van der Waals surface area contributed by atoms with Crippen LogP contribution in [-0.4, -0.2) is 38.9 Å². The Morgan fingerprint density at radius 1 is 0.794 bits per heavy atom. The van der Waals surface area contributed by atoms with E-state index in [0.717, 1.165) is 12.8 Å². The van der Waals surface area contributed by atoms with E-state index >= 15 is 0 Å². The van der Waals surface area contributed by atoms with E-state index in [1.54, 1.807) is 0 Å². The molecule has 0 spiro atoms. The van der Waals surface area contributed by atoms with Crippen molar-refractivity contribution in [2.75, 3.05) is 12.3 Å². The van der Waals surface area contributed by atoms with Gasteiger partial charge < -0.3 is 0 Å². The van der Waals surface area contributed by atoms with E-state index in [-0.39, 0.29) is 24.7 Å². The van der Waals surface area contributed by atoms with Gasteiger partial charge in [-0.15, -0.1) is 0 Å². The Morgan fingerprint density at radius 2 is 1.38 bits per heavy atom. The molecular formula is C29H37N2O2P. The van der Waals surface area contributed by atoms with Crippen LogP contribution in [0.1, 0.15) is 52.5 Å². The van der Waals surface area contributed by atoms with Crippen molar-refractivity contribution in [3.63, 3.8) is 0 Å². The predicted molar refractivity (Wildman–Crippen MR) is 147 cm³/mol. The molecule has 0 aliphatic rings. The van der Waals surface area contributed by atoms with E-state index < -0.39 is 7.21 Å². The first kappa shape index (κ1) is 24.8. The summed E-state index contributed by atoms with van der Waals surface area (Å²) in [7, 11) is -4.15. The number of rotatable bonds is 10. The number of hydrogen-bond acceptors (Lipinski definition) is 4. The van der Waals surface area contributed by atoms with Crippen molar-refractivity contribution < 1.29 is 9.79 Å². The van der Waals surface area contributed by atoms with Crippen molar-refractivity contribution in [1.82, 2.24) is 4.67 Å². The Hall–Kier alpha value is -2.28. The van der Waals surface area contributed by atoms with Gasteiger partial charge in [0, 0.05) is 0 Å². The van der Waals surface area contributed by atoms with Gasteiger partial charge in [0.25, 0.3) is 0 Å². The molecule has 0 aromatic heterocycles. The molecule has 0 unspecified atom stereocenters. The molecule has 0 bridgehead atoms. The fourth-order valence-electron chi connectivity index (χ4n) is 6.05. The zero-order valence-corrected chi connectivity index (χ0v) is 21.7. The molecule has 0 aliphatic carbocycles. The molecule has 4 nitrogen and oxygen atoms in total. The third-order valence-corrected chi connectivity index (χ3v) is 11.6. The number of benzene rings is 4. The van der Waals surface area contributed by atoms with E-state index in [9.17, 15) is 15.0 Å². The summed E-state index contributed by atoms with van der Waals surface area (Å²) in [5.74, 6) is 0. The third kappa shape index (κ3) is 4.51. The maximum absolute atomic E-state index is 11.7. The molecule has 0 heterocycles. The predicted octanol–water partition coefficient (Wildman–Crippen LogP) is 7.22. The molecule has 4 aromatic carbocycles. The van der Waals surface area contributed by atoms with Crippen LogP contribution in [0.2, 0.25) is 0 Å². The van der Waals surface area contributed by atoms with Gasteiger partial charge >= 0.3 is 203 Å². The molecule has 2 N–H and O–H groups in total. The van der Waals surface area contributed by atoms with Crippen LogP contribution in [0.5, 0.6) is 0 Å². The first-order valence-electron chi connectivity index (χ1n) is 12.5. The normalized spacial score (nSPS) is 13.9. The van der Waals surface area contributed by atoms with Crippen LogP contribution < -0.4 is 0 Å². The fourth-order valence-corrected chi connectivity index (χ4v) is 10.3. The first-order chi connectivity index (χ1) is 16.1. The average Bonchev–Trinajstić information content (AvgIpc) is 2.79. The molecule has 0 saturated heterocycles.